The molecule has 1 aromatic rings. The van der Waals surface area contributed by atoms with Crippen LogP contribution in [0.5, 0.6) is 5.75 Å². The lowest BCUT2D eigenvalue weighted by Gasteiger charge is -2.33. The molecular weight excluding hydrogens is 388 g/mol. The Kier molecular flexibility index (Phi) is 6.29. The molecule has 1 saturated heterocycles. The number of aliphatic hydroxyl groups excluding tert-OH is 1. The molecule has 2 rings (SSSR count). The first-order chi connectivity index (χ1) is 9.54. The molecule has 1 atom stereocenters. The van der Waals surface area contributed by atoms with Gasteiger partial charge in [0.15, 0.2) is 0 Å². The molecule has 0 aliphatic carbocycles. The normalized spacial score (nSPS) is 19.0. The van der Waals surface area contributed by atoms with E-state index in [1.807, 2.05) is 18.2 Å². The van der Waals surface area contributed by atoms with Crippen LogP contribution >= 0.6 is 31.9 Å². The molecule has 0 spiro atoms. The summed E-state index contributed by atoms with van der Waals surface area (Å²) in [5.74, 6) is 0.755. The van der Waals surface area contributed by atoms with Gasteiger partial charge in [-0.05, 0) is 41.2 Å². The number of benzene rings is 1. The van der Waals surface area contributed by atoms with Crippen molar-refractivity contribution in [3.63, 3.8) is 0 Å². The van der Waals surface area contributed by atoms with Gasteiger partial charge in [-0.15, -0.1) is 0 Å². The second-order valence-corrected chi connectivity index (χ2v) is 6.91. The molecule has 1 fully saturated rings. The van der Waals surface area contributed by atoms with E-state index in [2.05, 4.69) is 48.7 Å². The number of ether oxygens (including phenoxy) is 1. The number of hydrogen-bond donors (Lipinski definition) is 1. The Morgan fingerprint density at radius 1 is 1.25 bits per heavy atom. The highest BCUT2D eigenvalue weighted by molar-refractivity contribution is 9.11. The Bertz CT molecular complexity index is 437. The van der Waals surface area contributed by atoms with Gasteiger partial charge in [0.05, 0.1) is 4.47 Å². The SMILES string of the molecule is CN1CCN(C[C@H](O)COc2ccc(Br)cc2Br)CC1. The molecule has 1 aromatic carbocycles. The van der Waals surface area contributed by atoms with Crippen molar-refractivity contribution in [3.8, 4) is 5.75 Å². The van der Waals surface area contributed by atoms with Crippen LogP contribution in [0.3, 0.4) is 0 Å². The molecule has 1 aliphatic rings. The molecule has 6 heteroatoms. The zero-order chi connectivity index (χ0) is 14.5. The standard InChI is InChI=1S/C14H20Br2N2O2/c1-17-4-6-18(7-5-17)9-12(19)10-20-14-3-2-11(15)8-13(14)16/h2-3,8,12,19H,4-7,9-10H2,1H3/t12-/m0/s1. The monoisotopic (exact) mass is 406 g/mol. The smallest absolute Gasteiger partial charge is 0.133 e. The first-order valence-electron chi connectivity index (χ1n) is 6.71. The van der Waals surface area contributed by atoms with E-state index in [1.165, 1.54) is 0 Å². The van der Waals surface area contributed by atoms with Crippen molar-refractivity contribution in [2.45, 2.75) is 6.10 Å². The summed E-state index contributed by atoms with van der Waals surface area (Å²) in [4.78, 5) is 4.59. The third kappa shape index (κ3) is 5.00. The first-order valence-corrected chi connectivity index (χ1v) is 8.30. The zero-order valence-corrected chi connectivity index (χ0v) is 14.7. The lowest BCUT2D eigenvalue weighted by molar-refractivity contribution is 0.0503. The predicted molar refractivity (Wildman–Crippen MR) is 87.3 cm³/mol. The van der Waals surface area contributed by atoms with Gasteiger partial charge < -0.3 is 14.7 Å². The largest absolute Gasteiger partial charge is 0.490 e. The van der Waals surface area contributed by atoms with Gasteiger partial charge in [0.25, 0.3) is 0 Å². The van der Waals surface area contributed by atoms with E-state index in [9.17, 15) is 5.11 Å². The summed E-state index contributed by atoms with van der Waals surface area (Å²) in [6.07, 6.45) is -0.464. The number of likely N-dealkylation sites (N-methyl/N-ethyl adjacent to an activating group) is 1. The number of nitrogens with zero attached hydrogens (tertiary/aromatic N) is 2. The van der Waals surface area contributed by atoms with Crippen LogP contribution in [-0.4, -0.2) is 67.4 Å². The molecular formula is C14H20Br2N2O2. The summed E-state index contributed by atoms with van der Waals surface area (Å²) < 4.78 is 7.54. The Balaban J connectivity index is 1.76. The topological polar surface area (TPSA) is 35.9 Å². The molecule has 0 bridgehead atoms. The second-order valence-electron chi connectivity index (χ2n) is 5.14. The molecule has 0 radical (unpaired) electrons. The minimum atomic E-state index is -0.464. The van der Waals surface area contributed by atoms with Gasteiger partial charge in [0, 0.05) is 37.2 Å². The number of halogens is 2. The van der Waals surface area contributed by atoms with Crippen molar-refractivity contribution >= 4 is 31.9 Å². The van der Waals surface area contributed by atoms with E-state index in [0.29, 0.717) is 13.2 Å². The summed E-state index contributed by atoms with van der Waals surface area (Å²) in [6, 6.07) is 5.74. The van der Waals surface area contributed by atoms with Crippen molar-refractivity contribution in [1.82, 2.24) is 9.80 Å². The van der Waals surface area contributed by atoms with Crippen molar-refractivity contribution in [2.24, 2.45) is 0 Å². The molecule has 1 aliphatic heterocycles. The third-order valence-corrected chi connectivity index (χ3v) is 4.50. The van der Waals surface area contributed by atoms with Crippen LogP contribution in [0.15, 0.2) is 27.1 Å². The maximum atomic E-state index is 10.1. The van der Waals surface area contributed by atoms with Gasteiger partial charge in [-0.3, -0.25) is 4.90 Å². The second kappa shape index (κ2) is 7.75. The summed E-state index contributed by atoms with van der Waals surface area (Å²) in [6.45, 7) is 5.12. The number of β-amino-alcohol motifs (C(OH)–C–C–N with tert-alkyl or cyclic N) is 1. The highest BCUT2D eigenvalue weighted by Gasteiger charge is 2.17. The lowest BCUT2D eigenvalue weighted by atomic mass is 10.3. The van der Waals surface area contributed by atoms with E-state index >= 15 is 0 Å². The molecule has 1 N–H and O–H groups in total. The maximum Gasteiger partial charge on any atom is 0.133 e. The summed E-state index contributed by atoms with van der Waals surface area (Å²) in [5.41, 5.74) is 0. The molecule has 0 amide bonds. The van der Waals surface area contributed by atoms with Gasteiger partial charge in [-0.25, -0.2) is 0 Å². The van der Waals surface area contributed by atoms with E-state index in [-0.39, 0.29) is 0 Å². The number of hydrogen-bond acceptors (Lipinski definition) is 4. The summed E-state index contributed by atoms with van der Waals surface area (Å²) in [5, 5.41) is 10.1. The Morgan fingerprint density at radius 3 is 2.60 bits per heavy atom. The highest BCUT2D eigenvalue weighted by Crippen LogP contribution is 2.28. The van der Waals surface area contributed by atoms with E-state index < -0.39 is 6.10 Å². The van der Waals surface area contributed by atoms with Crippen molar-refractivity contribution < 1.29 is 9.84 Å². The fraction of sp³-hybridized carbons (Fsp3) is 0.571. The minimum Gasteiger partial charge on any atom is -0.490 e. The van der Waals surface area contributed by atoms with Crippen LogP contribution in [0.4, 0.5) is 0 Å². The molecule has 112 valence electrons. The van der Waals surface area contributed by atoms with Crippen LogP contribution in [-0.2, 0) is 0 Å². The number of rotatable bonds is 5. The summed E-state index contributed by atoms with van der Waals surface area (Å²) in [7, 11) is 2.13. The van der Waals surface area contributed by atoms with Gasteiger partial charge in [-0.2, -0.15) is 0 Å². The average Bonchev–Trinajstić information content (AvgIpc) is 2.40. The fourth-order valence-corrected chi connectivity index (χ4v) is 3.32. The van der Waals surface area contributed by atoms with Gasteiger partial charge >= 0.3 is 0 Å². The van der Waals surface area contributed by atoms with Gasteiger partial charge in [0.2, 0.25) is 0 Å². The molecule has 1 heterocycles. The molecule has 0 unspecified atom stereocenters. The highest BCUT2D eigenvalue weighted by atomic mass is 79.9. The third-order valence-electron chi connectivity index (χ3n) is 3.39. The van der Waals surface area contributed by atoms with E-state index in [0.717, 1.165) is 40.9 Å². The molecule has 4 nitrogen and oxygen atoms in total. The Hall–Kier alpha value is -0.140. The van der Waals surface area contributed by atoms with Crippen molar-refractivity contribution in [2.75, 3.05) is 46.4 Å². The zero-order valence-electron chi connectivity index (χ0n) is 11.6. The quantitative estimate of drug-likeness (QED) is 0.811. The van der Waals surface area contributed by atoms with E-state index in [1.54, 1.807) is 0 Å². The van der Waals surface area contributed by atoms with Gasteiger partial charge in [0.1, 0.15) is 18.5 Å². The Morgan fingerprint density at radius 2 is 1.95 bits per heavy atom. The van der Waals surface area contributed by atoms with E-state index in [4.69, 9.17) is 4.74 Å². The summed E-state index contributed by atoms with van der Waals surface area (Å²) >= 11 is 6.85. The van der Waals surface area contributed by atoms with Crippen molar-refractivity contribution in [1.29, 1.82) is 0 Å². The molecule has 0 saturated carbocycles. The number of piperazine rings is 1. The van der Waals surface area contributed by atoms with Crippen LogP contribution in [0.25, 0.3) is 0 Å². The Labute approximate surface area is 137 Å². The minimum absolute atomic E-state index is 0.312. The first kappa shape index (κ1) is 16.2. The maximum absolute atomic E-state index is 10.1. The van der Waals surface area contributed by atoms with Gasteiger partial charge in [-0.1, -0.05) is 15.9 Å². The van der Waals surface area contributed by atoms with Crippen LogP contribution in [0.2, 0.25) is 0 Å². The predicted octanol–water partition coefficient (Wildman–Crippen LogP) is 2.20. The average molecular weight is 408 g/mol. The molecule has 0 aromatic heterocycles. The fourth-order valence-electron chi connectivity index (χ4n) is 2.16. The van der Waals surface area contributed by atoms with Crippen LogP contribution in [0.1, 0.15) is 0 Å². The molecule has 20 heavy (non-hydrogen) atoms. The number of aliphatic hydroxyl groups is 1. The van der Waals surface area contributed by atoms with Crippen molar-refractivity contribution in [3.05, 3.63) is 27.1 Å². The van der Waals surface area contributed by atoms with Crippen LogP contribution in [0, 0.1) is 0 Å². The lowest BCUT2D eigenvalue weighted by Crippen LogP contribution is -2.47. The van der Waals surface area contributed by atoms with Crippen LogP contribution < -0.4 is 4.74 Å².